The summed E-state index contributed by atoms with van der Waals surface area (Å²) in [6.07, 6.45) is -1.21. The van der Waals surface area contributed by atoms with Gasteiger partial charge < -0.3 is 12.9 Å². The van der Waals surface area contributed by atoms with E-state index in [4.69, 9.17) is 0 Å². The second-order valence-corrected chi connectivity index (χ2v) is 3.29. The van der Waals surface area contributed by atoms with Crippen molar-refractivity contribution in [2.24, 2.45) is 7.05 Å². The summed E-state index contributed by atoms with van der Waals surface area (Å²) >= 11 is 0. The van der Waals surface area contributed by atoms with Gasteiger partial charge in [-0.25, -0.2) is 4.79 Å². The highest BCUT2D eigenvalue weighted by molar-refractivity contribution is 6.57. The molecule has 0 aromatic carbocycles. The van der Waals surface area contributed by atoms with E-state index in [0.717, 1.165) is 7.05 Å². The van der Waals surface area contributed by atoms with Gasteiger partial charge in [0.15, 0.2) is 0 Å². The molecule has 0 spiro atoms. The predicted molar refractivity (Wildman–Crippen MR) is 51.7 cm³/mol. The maximum Gasteiger partial charge on any atom is 0.497 e. The Morgan fingerprint density at radius 2 is 1.94 bits per heavy atom. The third-order valence-electron chi connectivity index (χ3n) is 1.90. The standard InChI is InChI=1S/C6H6BF3N3O4/c1-11-2-4(13(16)17)5(14)12(6(11)15)3-7(8,9)10/h2H,3H2,1H3/q-1. The molecule has 0 N–H and O–H groups in total. The predicted octanol–water partition coefficient (Wildman–Crippen LogP) is -0.158. The van der Waals surface area contributed by atoms with Crippen LogP contribution in [0.25, 0.3) is 0 Å². The lowest BCUT2D eigenvalue weighted by Gasteiger charge is -2.15. The van der Waals surface area contributed by atoms with Crippen LogP contribution in [0.1, 0.15) is 0 Å². The van der Waals surface area contributed by atoms with Crippen LogP contribution in [0.2, 0.25) is 0 Å². The van der Waals surface area contributed by atoms with Crippen molar-refractivity contribution in [1.82, 2.24) is 9.13 Å². The van der Waals surface area contributed by atoms with Gasteiger partial charge >= 0.3 is 23.9 Å². The summed E-state index contributed by atoms with van der Waals surface area (Å²) in [5, 5.41) is 10.4. The minimum atomic E-state index is -5.44. The molecule has 11 heteroatoms. The Balaban J connectivity index is 3.54. The Morgan fingerprint density at radius 1 is 1.41 bits per heavy atom. The number of aromatic nitrogens is 2. The second-order valence-electron chi connectivity index (χ2n) is 3.29. The smallest absolute Gasteiger partial charge is 0.448 e. The van der Waals surface area contributed by atoms with Gasteiger partial charge in [-0.3, -0.25) is 24.0 Å². The molecule has 0 bridgehead atoms. The molecule has 94 valence electrons. The van der Waals surface area contributed by atoms with E-state index in [9.17, 15) is 32.7 Å². The summed E-state index contributed by atoms with van der Waals surface area (Å²) in [7, 11) is 1.02. The van der Waals surface area contributed by atoms with Crippen molar-refractivity contribution in [2.45, 2.75) is 6.44 Å². The van der Waals surface area contributed by atoms with Crippen molar-refractivity contribution in [3.63, 3.8) is 0 Å². The van der Waals surface area contributed by atoms with Crippen LogP contribution in [-0.2, 0) is 13.5 Å². The first-order valence-electron chi connectivity index (χ1n) is 4.29. The molecular weight excluding hydrogens is 246 g/mol. The van der Waals surface area contributed by atoms with E-state index in [-0.39, 0.29) is 4.57 Å². The van der Waals surface area contributed by atoms with Gasteiger partial charge in [0.2, 0.25) is 0 Å². The van der Waals surface area contributed by atoms with E-state index in [2.05, 4.69) is 0 Å². The van der Waals surface area contributed by atoms with E-state index >= 15 is 0 Å². The van der Waals surface area contributed by atoms with Gasteiger partial charge in [0.05, 0.1) is 11.1 Å². The molecule has 1 heterocycles. The molecule has 17 heavy (non-hydrogen) atoms. The Kier molecular flexibility index (Phi) is 3.11. The number of nitro groups is 1. The quantitative estimate of drug-likeness (QED) is 0.425. The van der Waals surface area contributed by atoms with Crippen LogP contribution in [0.4, 0.5) is 18.6 Å². The molecule has 0 radical (unpaired) electrons. The van der Waals surface area contributed by atoms with Gasteiger partial charge in [-0.2, -0.15) is 0 Å². The lowest BCUT2D eigenvalue weighted by molar-refractivity contribution is -0.387. The van der Waals surface area contributed by atoms with Gasteiger partial charge in [0, 0.05) is 13.5 Å². The van der Waals surface area contributed by atoms with Gasteiger partial charge in [-0.05, 0) is 0 Å². The molecule has 1 rings (SSSR count). The Hall–Kier alpha value is -2.07. The van der Waals surface area contributed by atoms with Gasteiger partial charge in [-0.1, -0.05) is 0 Å². The molecule has 0 aliphatic carbocycles. The minimum Gasteiger partial charge on any atom is -0.448 e. The first-order valence-corrected chi connectivity index (χ1v) is 4.29. The van der Waals surface area contributed by atoms with E-state index in [0.29, 0.717) is 10.8 Å². The van der Waals surface area contributed by atoms with Crippen LogP contribution in [0.5, 0.6) is 0 Å². The molecular formula is C6H6BF3N3O4-. The average molecular weight is 252 g/mol. The van der Waals surface area contributed by atoms with Gasteiger partial charge in [0.25, 0.3) is 0 Å². The minimum absolute atomic E-state index is 0.196. The van der Waals surface area contributed by atoms with E-state index in [1.165, 1.54) is 0 Å². The second kappa shape index (κ2) is 4.07. The Morgan fingerprint density at radius 3 is 2.35 bits per heavy atom. The third kappa shape index (κ3) is 2.74. The molecule has 0 aliphatic heterocycles. The molecule has 0 unspecified atom stereocenters. The third-order valence-corrected chi connectivity index (χ3v) is 1.90. The number of rotatable bonds is 3. The summed E-state index contributed by atoms with van der Waals surface area (Å²) in [5.74, 6) is 0. The fourth-order valence-electron chi connectivity index (χ4n) is 1.20. The van der Waals surface area contributed by atoms with Crippen molar-refractivity contribution in [1.29, 1.82) is 0 Å². The van der Waals surface area contributed by atoms with Crippen molar-refractivity contribution in [3.05, 3.63) is 37.1 Å². The monoisotopic (exact) mass is 252 g/mol. The lowest BCUT2D eigenvalue weighted by atomic mass is 9.92. The Bertz CT molecular complexity index is 575. The summed E-state index contributed by atoms with van der Waals surface area (Å²) < 4.78 is 36.8. The van der Waals surface area contributed by atoms with Crippen LogP contribution in [0.15, 0.2) is 15.8 Å². The molecule has 0 fully saturated rings. The fourth-order valence-corrected chi connectivity index (χ4v) is 1.20. The molecule has 0 atom stereocenters. The molecule has 1 aromatic rings. The van der Waals surface area contributed by atoms with E-state index < -0.39 is 35.3 Å². The van der Waals surface area contributed by atoms with E-state index in [1.54, 1.807) is 0 Å². The maximum absolute atomic E-state index is 12.2. The topological polar surface area (TPSA) is 87.1 Å². The van der Waals surface area contributed by atoms with Crippen LogP contribution < -0.4 is 11.2 Å². The zero-order chi connectivity index (χ0) is 13.4. The summed E-state index contributed by atoms with van der Waals surface area (Å²) in [4.78, 5) is 31.8. The first-order chi connectivity index (χ1) is 7.63. The number of nitrogens with zero attached hydrogens (tertiary/aromatic N) is 3. The Labute approximate surface area is 91.3 Å². The highest BCUT2D eigenvalue weighted by atomic mass is 19.4. The van der Waals surface area contributed by atoms with Crippen molar-refractivity contribution in [3.8, 4) is 0 Å². The van der Waals surface area contributed by atoms with Crippen LogP contribution in [0.3, 0.4) is 0 Å². The molecule has 1 aromatic heterocycles. The molecule has 0 saturated heterocycles. The zero-order valence-corrected chi connectivity index (χ0v) is 8.47. The van der Waals surface area contributed by atoms with Gasteiger partial charge in [0.1, 0.15) is 0 Å². The number of hydrogen-bond donors (Lipinski definition) is 0. The average Bonchev–Trinajstić information content (AvgIpc) is 2.16. The SMILES string of the molecule is Cn1cc([N+](=O)[O-])c(=O)n(C[B-](F)(F)F)c1=O. The number of hydrogen-bond acceptors (Lipinski definition) is 4. The molecule has 0 saturated carbocycles. The first kappa shape index (κ1) is 13.0. The fraction of sp³-hybridized carbons (Fsp3) is 0.333. The zero-order valence-electron chi connectivity index (χ0n) is 8.47. The van der Waals surface area contributed by atoms with Crippen molar-refractivity contribution < 1.29 is 17.9 Å². The molecule has 0 amide bonds. The van der Waals surface area contributed by atoms with Crippen LogP contribution >= 0.6 is 0 Å². The van der Waals surface area contributed by atoms with Crippen LogP contribution in [-0.4, -0.2) is 21.0 Å². The molecule has 7 nitrogen and oxygen atoms in total. The lowest BCUT2D eigenvalue weighted by Crippen LogP contribution is -2.44. The normalized spacial score (nSPS) is 11.5. The maximum atomic E-state index is 12.2. The number of halogens is 3. The largest absolute Gasteiger partial charge is 0.497 e. The van der Waals surface area contributed by atoms with Crippen LogP contribution in [0, 0.1) is 10.1 Å². The van der Waals surface area contributed by atoms with Crippen molar-refractivity contribution in [2.75, 3.05) is 0 Å². The van der Waals surface area contributed by atoms with E-state index in [1.807, 2.05) is 0 Å². The number of aryl methyl sites for hydroxylation is 1. The highest BCUT2D eigenvalue weighted by Crippen LogP contribution is 2.09. The highest BCUT2D eigenvalue weighted by Gasteiger charge is 2.28. The molecule has 0 aliphatic rings. The summed E-state index contributed by atoms with van der Waals surface area (Å²) in [5.41, 5.74) is -3.88. The van der Waals surface area contributed by atoms with Crippen molar-refractivity contribution >= 4 is 12.7 Å². The van der Waals surface area contributed by atoms with Gasteiger partial charge in [-0.15, -0.1) is 0 Å². The summed E-state index contributed by atoms with van der Waals surface area (Å²) in [6, 6.07) is 0. The summed E-state index contributed by atoms with van der Waals surface area (Å²) in [6.45, 7) is -5.44.